The zero-order chi connectivity index (χ0) is 24.6. The SMILES string of the molecule is CCOc1ccc(OCc2ccc(C(=O)Nc3cccc(NC(=O)c4ccnn4CC)c3)o2)cc1. The van der Waals surface area contributed by atoms with E-state index in [1.165, 1.54) is 0 Å². The number of nitrogens with one attached hydrogen (secondary N) is 2. The van der Waals surface area contributed by atoms with Crippen LogP contribution in [0.1, 0.15) is 40.7 Å². The molecule has 0 bridgehead atoms. The number of ether oxygens (including phenoxy) is 2. The van der Waals surface area contributed by atoms with E-state index in [4.69, 9.17) is 13.9 Å². The highest BCUT2D eigenvalue weighted by Gasteiger charge is 2.14. The molecule has 9 heteroatoms. The topological polar surface area (TPSA) is 108 Å². The lowest BCUT2D eigenvalue weighted by molar-refractivity contribution is 0.0990. The van der Waals surface area contributed by atoms with Gasteiger partial charge in [-0.25, -0.2) is 0 Å². The highest BCUT2D eigenvalue weighted by Crippen LogP contribution is 2.21. The van der Waals surface area contributed by atoms with Gasteiger partial charge in [0.25, 0.3) is 11.8 Å². The zero-order valence-corrected chi connectivity index (χ0v) is 19.5. The van der Waals surface area contributed by atoms with Crippen molar-refractivity contribution in [1.82, 2.24) is 9.78 Å². The molecule has 0 unspecified atom stereocenters. The Labute approximate surface area is 202 Å². The molecule has 4 rings (SSSR count). The highest BCUT2D eigenvalue weighted by atomic mass is 16.5. The van der Waals surface area contributed by atoms with Gasteiger partial charge in [0.05, 0.1) is 6.61 Å². The minimum Gasteiger partial charge on any atom is -0.494 e. The van der Waals surface area contributed by atoms with E-state index in [-0.39, 0.29) is 18.3 Å². The number of aromatic nitrogens is 2. The van der Waals surface area contributed by atoms with Gasteiger partial charge in [-0.05, 0) is 74.5 Å². The van der Waals surface area contributed by atoms with E-state index in [0.717, 1.165) is 5.75 Å². The van der Waals surface area contributed by atoms with Crippen LogP contribution in [-0.2, 0) is 13.2 Å². The summed E-state index contributed by atoms with van der Waals surface area (Å²) in [6.07, 6.45) is 1.58. The van der Waals surface area contributed by atoms with Crippen LogP contribution < -0.4 is 20.1 Å². The smallest absolute Gasteiger partial charge is 0.291 e. The molecule has 0 aliphatic heterocycles. The number of anilines is 2. The molecule has 0 saturated heterocycles. The van der Waals surface area contributed by atoms with Crippen molar-refractivity contribution in [3.63, 3.8) is 0 Å². The summed E-state index contributed by atoms with van der Waals surface area (Å²) < 4.78 is 18.4. The molecule has 35 heavy (non-hydrogen) atoms. The first-order valence-electron chi connectivity index (χ1n) is 11.2. The van der Waals surface area contributed by atoms with Gasteiger partial charge in [0.1, 0.15) is 29.6 Å². The molecule has 0 fully saturated rings. The van der Waals surface area contributed by atoms with Crippen LogP contribution in [0.2, 0.25) is 0 Å². The van der Waals surface area contributed by atoms with Crippen molar-refractivity contribution in [2.45, 2.75) is 27.0 Å². The molecule has 0 spiro atoms. The van der Waals surface area contributed by atoms with Crippen molar-refractivity contribution in [2.24, 2.45) is 0 Å². The first-order valence-corrected chi connectivity index (χ1v) is 11.2. The summed E-state index contributed by atoms with van der Waals surface area (Å²) in [7, 11) is 0. The molecule has 2 heterocycles. The second-order valence-electron chi connectivity index (χ2n) is 7.48. The number of aryl methyl sites for hydroxylation is 1. The first kappa shape index (κ1) is 23.6. The number of furan rings is 1. The predicted octanol–water partition coefficient (Wildman–Crippen LogP) is 4.98. The summed E-state index contributed by atoms with van der Waals surface area (Å²) in [6.45, 7) is 5.20. The lowest BCUT2D eigenvalue weighted by Gasteiger charge is -2.09. The molecule has 0 aliphatic carbocycles. The van der Waals surface area contributed by atoms with E-state index in [2.05, 4.69) is 15.7 Å². The van der Waals surface area contributed by atoms with Crippen molar-refractivity contribution >= 4 is 23.2 Å². The van der Waals surface area contributed by atoms with Crippen LogP contribution in [-0.4, -0.2) is 28.2 Å². The van der Waals surface area contributed by atoms with E-state index in [9.17, 15) is 9.59 Å². The minimum atomic E-state index is -0.412. The Morgan fingerprint density at radius 2 is 1.57 bits per heavy atom. The average molecular weight is 475 g/mol. The van der Waals surface area contributed by atoms with Gasteiger partial charge in [-0.2, -0.15) is 5.10 Å². The maximum atomic E-state index is 12.6. The Morgan fingerprint density at radius 3 is 2.26 bits per heavy atom. The fourth-order valence-corrected chi connectivity index (χ4v) is 3.37. The van der Waals surface area contributed by atoms with E-state index in [0.29, 0.717) is 41.7 Å². The third-order valence-corrected chi connectivity index (χ3v) is 5.03. The normalized spacial score (nSPS) is 10.6. The van der Waals surface area contributed by atoms with Gasteiger partial charge in [0.2, 0.25) is 0 Å². The van der Waals surface area contributed by atoms with Gasteiger partial charge in [0.15, 0.2) is 5.76 Å². The van der Waals surface area contributed by atoms with Crippen LogP contribution in [0.25, 0.3) is 0 Å². The van der Waals surface area contributed by atoms with Crippen LogP contribution in [0, 0.1) is 0 Å². The Bertz CT molecular complexity index is 1290. The number of hydrogen-bond donors (Lipinski definition) is 2. The lowest BCUT2D eigenvalue weighted by atomic mass is 10.2. The number of nitrogens with zero attached hydrogens (tertiary/aromatic N) is 2. The number of hydrogen-bond acceptors (Lipinski definition) is 6. The summed E-state index contributed by atoms with van der Waals surface area (Å²) in [6, 6.07) is 19.1. The number of amides is 2. The molecule has 0 aliphatic rings. The monoisotopic (exact) mass is 474 g/mol. The average Bonchev–Trinajstić information content (AvgIpc) is 3.54. The second kappa shape index (κ2) is 11.1. The molecular formula is C26H26N4O5. The molecule has 0 saturated carbocycles. The van der Waals surface area contributed by atoms with Crippen molar-refractivity contribution in [3.05, 3.63) is 90.1 Å². The molecule has 180 valence electrons. The van der Waals surface area contributed by atoms with Gasteiger partial charge < -0.3 is 24.5 Å². The molecule has 9 nitrogen and oxygen atoms in total. The van der Waals surface area contributed by atoms with Crippen LogP contribution in [0.5, 0.6) is 11.5 Å². The molecule has 2 aromatic carbocycles. The van der Waals surface area contributed by atoms with Crippen molar-refractivity contribution in [2.75, 3.05) is 17.2 Å². The highest BCUT2D eigenvalue weighted by molar-refractivity contribution is 6.05. The fourth-order valence-electron chi connectivity index (χ4n) is 3.37. The summed E-state index contributed by atoms with van der Waals surface area (Å²) in [5, 5.41) is 9.70. The van der Waals surface area contributed by atoms with Crippen molar-refractivity contribution in [1.29, 1.82) is 0 Å². The maximum Gasteiger partial charge on any atom is 0.291 e. The Morgan fingerprint density at radius 1 is 0.886 bits per heavy atom. The zero-order valence-electron chi connectivity index (χ0n) is 19.5. The van der Waals surface area contributed by atoms with Crippen LogP contribution in [0.4, 0.5) is 11.4 Å². The van der Waals surface area contributed by atoms with E-state index < -0.39 is 5.91 Å². The number of benzene rings is 2. The third-order valence-electron chi connectivity index (χ3n) is 5.03. The van der Waals surface area contributed by atoms with Crippen molar-refractivity contribution < 1.29 is 23.5 Å². The number of carbonyl (C=O) groups excluding carboxylic acids is 2. The third kappa shape index (κ3) is 6.08. The lowest BCUT2D eigenvalue weighted by Crippen LogP contribution is -2.17. The van der Waals surface area contributed by atoms with Crippen LogP contribution in [0.3, 0.4) is 0 Å². The second-order valence-corrected chi connectivity index (χ2v) is 7.48. The van der Waals surface area contributed by atoms with E-state index in [1.54, 1.807) is 53.3 Å². The quantitative estimate of drug-likeness (QED) is 0.336. The van der Waals surface area contributed by atoms with Gasteiger partial charge >= 0.3 is 0 Å². The molecular weight excluding hydrogens is 448 g/mol. The Hall–Kier alpha value is -4.53. The summed E-state index contributed by atoms with van der Waals surface area (Å²) in [4.78, 5) is 25.2. The maximum absolute atomic E-state index is 12.6. The largest absolute Gasteiger partial charge is 0.494 e. The first-order chi connectivity index (χ1) is 17.1. The predicted molar refractivity (Wildman–Crippen MR) is 131 cm³/mol. The Kier molecular flexibility index (Phi) is 7.47. The molecule has 2 N–H and O–H groups in total. The van der Waals surface area contributed by atoms with E-state index in [1.807, 2.05) is 38.1 Å². The summed E-state index contributed by atoms with van der Waals surface area (Å²) in [5.41, 5.74) is 1.51. The number of carbonyl (C=O) groups is 2. The van der Waals surface area contributed by atoms with E-state index >= 15 is 0 Å². The molecule has 2 aromatic heterocycles. The minimum absolute atomic E-state index is 0.150. The number of rotatable bonds is 10. The van der Waals surface area contributed by atoms with Crippen LogP contribution in [0.15, 0.2) is 77.3 Å². The summed E-state index contributed by atoms with van der Waals surface area (Å²) >= 11 is 0. The molecule has 0 radical (unpaired) electrons. The Balaban J connectivity index is 1.33. The molecule has 4 aromatic rings. The van der Waals surface area contributed by atoms with Gasteiger partial charge in [-0.15, -0.1) is 0 Å². The van der Waals surface area contributed by atoms with Gasteiger partial charge in [0, 0.05) is 24.1 Å². The molecule has 0 atom stereocenters. The molecule has 2 amide bonds. The fraction of sp³-hybridized carbons (Fsp3) is 0.192. The summed E-state index contributed by atoms with van der Waals surface area (Å²) in [5.74, 6) is 1.40. The van der Waals surface area contributed by atoms with Crippen LogP contribution >= 0.6 is 0 Å². The van der Waals surface area contributed by atoms with Gasteiger partial charge in [-0.3, -0.25) is 14.3 Å². The van der Waals surface area contributed by atoms with Gasteiger partial charge in [-0.1, -0.05) is 6.07 Å². The van der Waals surface area contributed by atoms with Crippen molar-refractivity contribution in [3.8, 4) is 11.5 Å². The standard InChI is InChI=1S/C26H26N4O5/c1-3-30-23(14-15-27-30)25(31)28-18-6-5-7-19(16-18)29-26(32)24-13-12-22(35-24)17-34-21-10-8-20(9-11-21)33-4-2/h5-16H,3-4,17H2,1-2H3,(H,28,31)(H,29,32).